The molecule has 0 aliphatic carbocycles. The van der Waals surface area contributed by atoms with Crippen LogP contribution in [0.5, 0.6) is 0 Å². The number of likely N-dealkylation sites (tertiary alicyclic amines) is 1. The Hall–Kier alpha value is -2.08. The zero-order chi connectivity index (χ0) is 16.8. The van der Waals surface area contributed by atoms with Gasteiger partial charge in [0.1, 0.15) is 0 Å². The van der Waals surface area contributed by atoms with Gasteiger partial charge < -0.3 is 21.3 Å². The van der Waals surface area contributed by atoms with Crippen LogP contribution < -0.4 is 16.4 Å². The Bertz CT molecular complexity index is 525. The Balaban J connectivity index is 1.76. The van der Waals surface area contributed by atoms with Crippen LogP contribution in [-0.4, -0.2) is 42.0 Å². The van der Waals surface area contributed by atoms with Crippen LogP contribution in [0.25, 0.3) is 0 Å². The molecular weight excluding hydrogens is 292 g/mol. The monoisotopic (exact) mass is 318 g/mol. The fourth-order valence-electron chi connectivity index (χ4n) is 2.61. The SMILES string of the molecule is CC(C)[C@H](N)C(=O)N1CCC(NC(=O)Nc2ccccc2)CC1. The maximum absolute atomic E-state index is 12.2. The lowest BCUT2D eigenvalue weighted by Gasteiger charge is -2.34. The van der Waals surface area contributed by atoms with Gasteiger partial charge in [0.25, 0.3) is 0 Å². The molecule has 1 fully saturated rings. The third-order valence-electron chi connectivity index (χ3n) is 4.18. The fraction of sp³-hybridized carbons (Fsp3) is 0.529. The Morgan fingerprint density at radius 1 is 1.17 bits per heavy atom. The molecule has 6 heteroatoms. The van der Waals surface area contributed by atoms with E-state index in [1.165, 1.54) is 0 Å². The van der Waals surface area contributed by atoms with E-state index in [9.17, 15) is 9.59 Å². The standard InChI is InChI=1S/C17H26N4O2/c1-12(2)15(18)16(22)21-10-8-14(9-11-21)20-17(23)19-13-6-4-3-5-7-13/h3-7,12,14-15H,8-11,18H2,1-2H3,(H2,19,20,23)/t15-/m0/s1. The fourth-order valence-corrected chi connectivity index (χ4v) is 2.61. The summed E-state index contributed by atoms with van der Waals surface area (Å²) in [6.45, 7) is 5.17. The molecule has 2 rings (SSSR count). The van der Waals surface area contributed by atoms with Crippen molar-refractivity contribution in [3.63, 3.8) is 0 Å². The van der Waals surface area contributed by atoms with E-state index in [1.54, 1.807) is 4.90 Å². The molecule has 0 saturated carbocycles. The van der Waals surface area contributed by atoms with Crippen LogP contribution in [0.2, 0.25) is 0 Å². The van der Waals surface area contributed by atoms with Crippen molar-refractivity contribution >= 4 is 17.6 Å². The van der Waals surface area contributed by atoms with E-state index in [-0.39, 0.29) is 23.9 Å². The van der Waals surface area contributed by atoms with E-state index >= 15 is 0 Å². The first-order valence-corrected chi connectivity index (χ1v) is 8.14. The average Bonchev–Trinajstić information content (AvgIpc) is 2.55. The summed E-state index contributed by atoms with van der Waals surface area (Å²) in [5, 5.41) is 5.77. The highest BCUT2D eigenvalue weighted by molar-refractivity contribution is 5.89. The Morgan fingerprint density at radius 3 is 2.35 bits per heavy atom. The minimum atomic E-state index is -0.444. The maximum Gasteiger partial charge on any atom is 0.319 e. The van der Waals surface area contributed by atoms with E-state index in [0.717, 1.165) is 18.5 Å². The highest BCUT2D eigenvalue weighted by Gasteiger charge is 2.28. The first-order chi connectivity index (χ1) is 11.0. The highest BCUT2D eigenvalue weighted by Crippen LogP contribution is 2.14. The number of para-hydroxylation sites is 1. The first kappa shape index (κ1) is 17.3. The lowest BCUT2D eigenvalue weighted by Crippen LogP contribution is -2.52. The molecule has 3 amide bonds. The van der Waals surface area contributed by atoms with Gasteiger partial charge in [0.15, 0.2) is 0 Å². The molecule has 0 spiro atoms. The minimum Gasteiger partial charge on any atom is -0.341 e. The summed E-state index contributed by atoms with van der Waals surface area (Å²) in [4.78, 5) is 26.0. The van der Waals surface area contributed by atoms with Crippen LogP contribution in [0.1, 0.15) is 26.7 Å². The molecule has 126 valence electrons. The van der Waals surface area contributed by atoms with Gasteiger partial charge in [-0.2, -0.15) is 0 Å². The van der Waals surface area contributed by atoms with Crippen molar-refractivity contribution in [1.82, 2.24) is 10.2 Å². The number of nitrogens with zero attached hydrogens (tertiary/aromatic N) is 1. The number of hydrogen-bond acceptors (Lipinski definition) is 3. The highest BCUT2D eigenvalue weighted by atomic mass is 16.2. The molecule has 0 radical (unpaired) electrons. The number of carbonyl (C=O) groups is 2. The van der Waals surface area contributed by atoms with Crippen molar-refractivity contribution < 1.29 is 9.59 Å². The van der Waals surface area contributed by atoms with Crippen molar-refractivity contribution in [2.24, 2.45) is 11.7 Å². The van der Waals surface area contributed by atoms with Crippen LogP contribution in [-0.2, 0) is 4.79 Å². The number of amides is 3. The molecule has 1 heterocycles. The molecule has 1 aliphatic heterocycles. The Labute approximate surface area is 137 Å². The molecule has 4 N–H and O–H groups in total. The summed E-state index contributed by atoms with van der Waals surface area (Å²) in [5.74, 6) is 0.141. The van der Waals surface area contributed by atoms with Gasteiger partial charge in [-0.15, -0.1) is 0 Å². The molecule has 1 atom stereocenters. The molecule has 6 nitrogen and oxygen atoms in total. The molecule has 0 unspecified atom stereocenters. The summed E-state index contributed by atoms with van der Waals surface area (Å²) in [7, 11) is 0. The number of anilines is 1. The van der Waals surface area contributed by atoms with Crippen LogP contribution in [0.15, 0.2) is 30.3 Å². The quantitative estimate of drug-likeness (QED) is 0.791. The number of urea groups is 1. The molecule has 0 aromatic heterocycles. The topological polar surface area (TPSA) is 87.5 Å². The number of carbonyl (C=O) groups excluding carboxylic acids is 2. The molecule has 1 aromatic carbocycles. The molecular formula is C17H26N4O2. The van der Waals surface area contributed by atoms with Crippen molar-refractivity contribution in [2.75, 3.05) is 18.4 Å². The van der Waals surface area contributed by atoms with Crippen LogP contribution in [0.4, 0.5) is 10.5 Å². The smallest absolute Gasteiger partial charge is 0.319 e. The average molecular weight is 318 g/mol. The maximum atomic E-state index is 12.2. The lowest BCUT2D eigenvalue weighted by molar-refractivity contribution is -0.134. The molecule has 1 saturated heterocycles. The van der Waals surface area contributed by atoms with E-state index in [0.29, 0.717) is 13.1 Å². The normalized spacial score (nSPS) is 17.0. The van der Waals surface area contributed by atoms with Crippen molar-refractivity contribution in [2.45, 2.75) is 38.8 Å². The van der Waals surface area contributed by atoms with Gasteiger partial charge in [0.2, 0.25) is 5.91 Å². The van der Waals surface area contributed by atoms with Crippen LogP contribution >= 0.6 is 0 Å². The third-order valence-corrected chi connectivity index (χ3v) is 4.18. The van der Waals surface area contributed by atoms with Gasteiger partial charge >= 0.3 is 6.03 Å². The number of nitrogens with two attached hydrogens (primary N) is 1. The Morgan fingerprint density at radius 2 is 1.78 bits per heavy atom. The largest absolute Gasteiger partial charge is 0.341 e. The zero-order valence-corrected chi connectivity index (χ0v) is 13.8. The van der Waals surface area contributed by atoms with Crippen molar-refractivity contribution in [3.05, 3.63) is 30.3 Å². The number of nitrogens with one attached hydrogen (secondary N) is 2. The minimum absolute atomic E-state index is 0.00665. The number of rotatable bonds is 4. The second kappa shape index (κ2) is 7.97. The second-order valence-electron chi connectivity index (χ2n) is 6.33. The van der Waals surface area contributed by atoms with E-state index in [1.807, 2.05) is 44.2 Å². The number of piperidine rings is 1. The van der Waals surface area contributed by atoms with Gasteiger partial charge in [-0.25, -0.2) is 4.79 Å². The van der Waals surface area contributed by atoms with Crippen LogP contribution in [0.3, 0.4) is 0 Å². The first-order valence-electron chi connectivity index (χ1n) is 8.14. The summed E-state index contributed by atoms with van der Waals surface area (Å²) < 4.78 is 0. The van der Waals surface area contributed by atoms with Gasteiger partial charge in [-0.1, -0.05) is 32.0 Å². The van der Waals surface area contributed by atoms with E-state index in [4.69, 9.17) is 5.73 Å². The zero-order valence-electron chi connectivity index (χ0n) is 13.8. The predicted molar refractivity (Wildman–Crippen MR) is 91.0 cm³/mol. The third kappa shape index (κ3) is 4.96. The van der Waals surface area contributed by atoms with E-state index in [2.05, 4.69) is 10.6 Å². The van der Waals surface area contributed by atoms with Crippen LogP contribution in [0, 0.1) is 5.92 Å². The van der Waals surface area contributed by atoms with Gasteiger partial charge in [-0.3, -0.25) is 4.79 Å². The number of benzene rings is 1. The summed E-state index contributed by atoms with van der Waals surface area (Å²) in [6, 6.07) is 8.76. The summed E-state index contributed by atoms with van der Waals surface area (Å²) in [5.41, 5.74) is 6.69. The summed E-state index contributed by atoms with van der Waals surface area (Å²) >= 11 is 0. The second-order valence-corrected chi connectivity index (χ2v) is 6.33. The Kier molecular flexibility index (Phi) is 5.98. The van der Waals surface area contributed by atoms with E-state index < -0.39 is 6.04 Å². The van der Waals surface area contributed by atoms with Crippen molar-refractivity contribution in [3.8, 4) is 0 Å². The molecule has 23 heavy (non-hydrogen) atoms. The van der Waals surface area contributed by atoms with Gasteiger partial charge in [0, 0.05) is 24.8 Å². The van der Waals surface area contributed by atoms with Crippen molar-refractivity contribution in [1.29, 1.82) is 0 Å². The molecule has 1 aromatic rings. The number of hydrogen-bond donors (Lipinski definition) is 3. The molecule has 0 bridgehead atoms. The van der Waals surface area contributed by atoms with Gasteiger partial charge in [-0.05, 0) is 30.9 Å². The lowest BCUT2D eigenvalue weighted by atomic mass is 10.0. The molecule has 1 aliphatic rings. The predicted octanol–water partition coefficient (Wildman–Crippen LogP) is 1.78. The van der Waals surface area contributed by atoms with Gasteiger partial charge in [0.05, 0.1) is 6.04 Å². The summed E-state index contributed by atoms with van der Waals surface area (Å²) in [6.07, 6.45) is 1.50.